The lowest BCUT2D eigenvalue weighted by atomic mass is 10.2. The molecule has 3 rings (SSSR count). The molecule has 7 nitrogen and oxygen atoms in total. The molecule has 0 spiro atoms. The summed E-state index contributed by atoms with van der Waals surface area (Å²) in [5, 5.41) is 7.01. The van der Waals surface area contributed by atoms with Crippen LogP contribution >= 0.6 is 0 Å². The van der Waals surface area contributed by atoms with Crippen LogP contribution in [0.2, 0.25) is 0 Å². The van der Waals surface area contributed by atoms with Crippen molar-refractivity contribution in [2.75, 3.05) is 19.6 Å². The maximum Gasteiger partial charge on any atom is 0.239 e. The molecule has 1 aliphatic heterocycles. The number of carbonyl (C=O) groups excluding carboxylic acids is 2. The largest absolute Gasteiger partial charge is 0.355 e. The van der Waals surface area contributed by atoms with Crippen molar-refractivity contribution in [2.45, 2.75) is 32.4 Å². The number of benzene rings is 1. The highest BCUT2D eigenvalue weighted by molar-refractivity contribution is 5.86. The summed E-state index contributed by atoms with van der Waals surface area (Å²) in [6, 6.07) is 8.21. The summed E-state index contributed by atoms with van der Waals surface area (Å²) in [5.41, 5.74) is 8.17. The number of aromatic nitrogens is 1. The van der Waals surface area contributed by atoms with E-state index in [-0.39, 0.29) is 17.9 Å². The maximum atomic E-state index is 12.1. The molecule has 134 valence electrons. The van der Waals surface area contributed by atoms with Crippen LogP contribution in [0, 0.1) is 6.92 Å². The fraction of sp³-hybridized carbons (Fsp3) is 0.444. The lowest BCUT2D eigenvalue weighted by Gasteiger charge is -2.11. The maximum absolute atomic E-state index is 12.1. The van der Waals surface area contributed by atoms with E-state index < -0.39 is 0 Å². The normalized spacial score (nSPS) is 14.8. The van der Waals surface area contributed by atoms with Crippen molar-refractivity contribution in [2.24, 2.45) is 0 Å². The van der Waals surface area contributed by atoms with Crippen LogP contribution in [0.15, 0.2) is 30.5 Å². The van der Waals surface area contributed by atoms with Crippen LogP contribution in [0.25, 0.3) is 10.9 Å². The monoisotopic (exact) mass is 343 g/mol. The Morgan fingerprint density at radius 3 is 2.76 bits per heavy atom. The number of nitrogens with zero attached hydrogens (tertiary/aromatic N) is 1. The summed E-state index contributed by atoms with van der Waals surface area (Å²) in [7, 11) is 0. The molecule has 4 N–H and O–H groups in total. The Balaban J connectivity index is 1.40. The minimum absolute atomic E-state index is 0.0248. The van der Waals surface area contributed by atoms with Crippen LogP contribution in [0.1, 0.15) is 18.4 Å². The van der Waals surface area contributed by atoms with Gasteiger partial charge in [-0.1, -0.05) is 18.2 Å². The fourth-order valence-electron chi connectivity index (χ4n) is 3.11. The van der Waals surface area contributed by atoms with Gasteiger partial charge in [-0.05, 0) is 25.0 Å². The number of carbonyl (C=O) groups is 2. The van der Waals surface area contributed by atoms with Crippen LogP contribution in [0.4, 0.5) is 0 Å². The number of fused-ring (bicyclic) bond motifs is 1. The summed E-state index contributed by atoms with van der Waals surface area (Å²) >= 11 is 0. The zero-order valence-electron chi connectivity index (χ0n) is 14.5. The quantitative estimate of drug-likeness (QED) is 0.550. The molecule has 7 heteroatoms. The molecular weight excluding hydrogens is 318 g/mol. The second-order valence-corrected chi connectivity index (χ2v) is 6.44. The third-order valence-electron chi connectivity index (χ3n) is 4.39. The van der Waals surface area contributed by atoms with E-state index in [0.717, 1.165) is 24.2 Å². The molecule has 0 bridgehead atoms. The number of para-hydroxylation sites is 1. The molecule has 1 aromatic carbocycles. The molecule has 0 atom stereocenters. The molecule has 1 aromatic heterocycles. The van der Waals surface area contributed by atoms with Crippen LogP contribution in [0.3, 0.4) is 0 Å². The highest BCUT2D eigenvalue weighted by Crippen LogP contribution is 2.19. The summed E-state index contributed by atoms with van der Waals surface area (Å²) in [6.45, 7) is 4.33. The summed E-state index contributed by atoms with van der Waals surface area (Å²) in [6.07, 6.45) is 3.06. The Hall–Kier alpha value is -2.38. The van der Waals surface area contributed by atoms with Gasteiger partial charge in [-0.15, -0.1) is 0 Å². The first-order valence-corrected chi connectivity index (χ1v) is 8.70. The molecule has 1 saturated heterocycles. The smallest absolute Gasteiger partial charge is 0.239 e. The van der Waals surface area contributed by atoms with Crippen LogP contribution in [-0.4, -0.2) is 42.1 Å². The Bertz CT molecular complexity index is 749. The number of nitrogens with one attached hydrogen (secondary N) is 4. The van der Waals surface area contributed by atoms with Crippen molar-refractivity contribution < 1.29 is 9.59 Å². The summed E-state index contributed by atoms with van der Waals surface area (Å²) in [5.74, 6) is -0.0119. The topological polar surface area (TPSA) is 87.2 Å². The lowest BCUT2D eigenvalue weighted by molar-refractivity contribution is -0.123. The summed E-state index contributed by atoms with van der Waals surface area (Å²) < 4.78 is 1.97. The van der Waals surface area contributed by atoms with Gasteiger partial charge in [-0.25, -0.2) is 0 Å². The van der Waals surface area contributed by atoms with Gasteiger partial charge in [0.2, 0.25) is 11.8 Å². The number of hydrazine groups is 1. The van der Waals surface area contributed by atoms with Crippen LogP contribution in [0.5, 0.6) is 0 Å². The molecular formula is C18H25N5O2. The van der Waals surface area contributed by atoms with Crippen molar-refractivity contribution in [3.05, 3.63) is 36.0 Å². The molecule has 2 amide bonds. The van der Waals surface area contributed by atoms with Gasteiger partial charge in [-0.3, -0.25) is 20.4 Å². The average Bonchev–Trinajstić information content (AvgIpc) is 3.21. The second-order valence-electron chi connectivity index (χ2n) is 6.44. The molecule has 0 saturated carbocycles. The highest BCUT2D eigenvalue weighted by Gasteiger charge is 2.16. The van der Waals surface area contributed by atoms with E-state index in [1.807, 2.05) is 35.9 Å². The van der Waals surface area contributed by atoms with Crippen LogP contribution < -0.4 is 21.5 Å². The number of hydrogen-bond acceptors (Lipinski definition) is 4. The molecule has 0 radical (unpaired) electrons. The van der Waals surface area contributed by atoms with Crippen molar-refractivity contribution in [1.29, 1.82) is 0 Å². The number of amides is 2. The Kier molecular flexibility index (Phi) is 5.67. The van der Waals surface area contributed by atoms with E-state index in [0.29, 0.717) is 25.9 Å². The van der Waals surface area contributed by atoms with E-state index >= 15 is 0 Å². The Morgan fingerprint density at radius 2 is 1.96 bits per heavy atom. The second kappa shape index (κ2) is 8.13. The highest BCUT2D eigenvalue weighted by atomic mass is 16.2. The van der Waals surface area contributed by atoms with E-state index in [2.05, 4.69) is 27.6 Å². The van der Waals surface area contributed by atoms with Gasteiger partial charge >= 0.3 is 0 Å². The predicted octanol–water partition coefficient (Wildman–Crippen LogP) is 0.439. The number of hydrogen-bond donors (Lipinski definition) is 4. The molecule has 0 unspecified atom stereocenters. The first-order chi connectivity index (χ1) is 12.1. The third kappa shape index (κ3) is 4.58. The van der Waals surface area contributed by atoms with Crippen molar-refractivity contribution in [1.82, 2.24) is 26.1 Å². The predicted molar refractivity (Wildman–Crippen MR) is 96.9 cm³/mol. The number of rotatable bonds is 7. The fourth-order valence-corrected chi connectivity index (χ4v) is 3.11. The van der Waals surface area contributed by atoms with Crippen molar-refractivity contribution >= 4 is 22.7 Å². The van der Waals surface area contributed by atoms with Gasteiger partial charge in [-0.2, -0.15) is 0 Å². The van der Waals surface area contributed by atoms with Gasteiger partial charge in [0.05, 0.1) is 6.04 Å². The minimum atomic E-state index is -0.0367. The first-order valence-electron chi connectivity index (χ1n) is 8.70. The summed E-state index contributed by atoms with van der Waals surface area (Å²) in [4.78, 5) is 23.9. The molecule has 0 aliphatic carbocycles. The van der Waals surface area contributed by atoms with E-state index in [9.17, 15) is 9.59 Å². The standard InChI is InChI=1S/C18H25N5O2/c1-13-11-23(16-6-3-2-5-15(13)16)12-18(25)19-8-4-7-17(24)22-14-9-20-21-10-14/h2-3,5-6,11,14,20-21H,4,7-10,12H2,1H3,(H,19,25)(H,22,24). The molecule has 25 heavy (non-hydrogen) atoms. The van der Waals surface area contributed by atoms with Gasteiger partial charge in [0.15, 0.2) is 0 Å². The average molecular weight is 343 g/mol. The first kappa shape index (κ1) is 17.4. The Labute approximate surface area is 147 Å². The molecule has 2 aromatic rings. The van der Waals surface area contributed by atoms with Crippen molar-refractivity contribution in [3.63, 3.8) is 0 Å². The van der Waals surface area contributed by atoms with E-state index in [1.54, 1.807) is 0 Å². The van der Waals surface area contributed by atoms with Gasteiger partial charge in [0.25, 0.3) is 0 Å². The third-order valence-corrected chi connectivity index (χ3v) is 4.39. The lowest BCUT2D eigenvalue weighted by Crippen LogP contribution is -2.38. The number of aryl methyl sites for hydroxylation is 1. The SMILES string of the molecule is Cc1cn(CC(=O)NCCCC(=O)NC2CNNC2)c2ccccc12. The zero-order valence-corrected chi connectivity index (χ0v) is 14.5. The zero-order chi connectivity index (χ0) is 17.6. The Morgan fingerprint density at radius 1 is 1.20 bits per heavy atom. The molecule has 1 aliphatic rings. The van der Waals surface area contributed by atoms with E-state index in [1.165, 1.54) is 5.39 Å². The van der Waals surface area contributed by atoms with E-state index in [4.69, 9.17) is 0 Å². The van der Waals surface area contributed by atoms with Gasteiger partial charge in [0.1, 0.15) is 6.54 Å². The van der Waals surface area contributed by atoms with Crippen LogP contribution in [-0.2, 0) is 16.1 Å². The molecule has 2 heterocycles. The van der Waals surface area contributed by atoms with Gasteiger partial charge < -0.3 is 15.2 Å². The molecule has 1 fully saturated rings. The van der Waals surface area contributed by atoms with Crippen molar-refractivity contribution in [3.8, 4) is 0 Å². The minimum Gasteiger partial charge on any atom is -0.355 e. The van der Waals surface area contributed by atoms with Gasteiger partial charge in [0, 0.05) is 43.2 Å².